The van der Waals surface area contributed by atoms with Crippen LogP contribution in [0.25, 0.3) is 11.5 Å². The Bertz CT molecular complexity index is 2550. The summed E-state index contributed by atoms with van der Waals surface area (Å²) < 4.78 is 143. The lowest BCUT2D eigenvalue weighted by molar-refractivity contribution is -0.156. The molecule has 2 aliphatic heterocycles. The second-order valence-electron chi connectivity index (χ2n) is 12.3. The predicted octanol–water partition coefficient (Wildman–Crippen LogP) is 5.25. The summed E-state index contributed by atoms with van der Waals surface area (Å²) in [7, 11) is -7.52. The molecular formula is C35H30F5N5O10S2. The topological polar surface area (TPSA) is 194 Å². The number of sulfonamides is 2. The van der Waals surface area contributed by atoms with Crippen molar-refractivity contribution < 1.29 is 66.9 Å². The Kier molecular flexibility index (Phi) is 11.3. The Labute approximate surface area is 321 Å². The molecule has 0 spiro atoms. The minimum absolute atomic E-state index is 0.000519. The van der Waals surface area contributed by atoms with Gasteiger partial charge in [-0.05, 0) is 42.5 Å². The molecule has 0 amide bonds. The van der Waals surface area contributed by atoms with Crippen molar-refractivity contribution in [1.29, 1.82) is 0 Å². The first-order valence-corrected chi connectivity index (χ1v) is 20.0. The number of nitrogens with zero attached hydrogens (tertiary/aromatic N) is 4. The Balaban J connectivity index is 0.000000196. The van der Waals surface area contributed by atoms with Gasteiger partial charge in [-0.2, -0.15) is 13.2 Å². The third-order valence-electron chi connectivity index (χ3n) is 8.24. The minimum Gasteiger partial charge on any atom is -0.454 e. The number of hydrogen-bond donors (Lipinski definition) is 1. The number of ketones is 1. The number of carbonyl (C=O) groups excluding carboxylic acids is 1. The van der Waals surface area contributed by atoms with E-state index in [1.54, 1.807) is 12.1 Å². The van der Waals surface area contributed by atoms with Gasteiger partial charge in [-0.25, -0.2) is 25.6 Å². The van der Waals surface area contributed by atoms with Crippen LogP contribution in [0.2, 0.25) is 0 Å². The zero-order valence-corrected chi connectivity index (χ0v) is 31.3. The van der Waals surface area contributed by atoms with Crippen LogP contribution in [0.5, 0.6) is 23.0 Å². The number of halogens is 5. The lowest BCUT2D eigenvalue weighted by Crippen LogP contribution is -2.29. The van der Waals surface area contributed by atoms with E-state index in [4.69, 9.17) is 24.7 Å². The highest BCUT2D eigenvalue weighted by molar-refractivity contribution is 7.92. The van der Waals surface area contributed by atoms with Gasteiger partial charge in [-0.15, -0.1) is 10.2 Å². The monoisotopic (exact) mass is 839 g/mol. The van der Waals surface area contributed by atoms with Crippen molar-refractivity contribution in [3.63, 3.8) is 0 Å². The first kappa shape index (κ1) is 40.7. The molecule has 0 atom stereocenters. The predicted molar refractivity (Wildman–Crippen MR) is 192 cm³/mol. The molecule has 0 saturated heterocycles. The number of ether oxygens (including phenoxy) is 4. The molecule has 0 unspecified atom stereocenters. The molecule has 1 aromatic heterocycles. The summed E-state index contributed by atoms with van der Waals surface area (Å²) in [6.07, 6.45) is -2.84. The van der Waals surface area contributed by atoms with Gasteiger partial charge < -0.3 is 29.1 Å². The van der Waals surface area contributed by atoms with Crippen LogP contribution >= 0.6 is 0 Å². The van der Waals surface area contributed by atoms with Crippen molar-refractivity contribution in [1.82, 2.24) is 10.2 Å². The smallest absolute Gasteiger partial charge is 0.454 e. The van der Waals surface area contributed by atoms with Crippen LogP contribution < -0.4 is 33.3 Å². The van der Waals surface area contributed by atoms with Gasteiger partial charge in [-0.3, -0.25) is 13.4 Å². The highest BCUT2D eigenvalue weighted by Gasteiger charge is 2.38. The second kappa shape index (κ2) is 15.9. The molecule has 0 radical (unpaired) electrons. The van der Waals surface area contributed by atoms with Gasteiger partial charge in [0.1, 0.15) is 11.6 Å². The molecule has 0 aliphatic carbocycles. The van der Waals surface area contributed by atoms with Gasteiger partial charge in [0.25, 0.3) is 0 Å². The SMILES string of the molecule is CS(=O)(=O)N(Cc1ccc(-c2nnc(C(F)(F)F)o2)cc1F)c1ccc2c(c1)OCO2.CS(=O)(=O)N(Cc1ccc(C(=O)CN)cc1F)c1ccc2c(c1)OCO2. The van der Waals surface area contributed by atoms with Crippen LogP contribution in [0, 0.1) is 11.6 Å². The minimum atomic E-state index is -4.83. The van der Waals surface area contributed by atoms with E-state index in [1.165, 1.54) is 48.5 Å². The zero-order valence-electron chi connectivity index (χ0n) is 29.6. The van der Waals surface area contributed by atoms with E-state index < -0.39 is 55.4 Å². The average molecular weight is 840 g/mol. The fourth-order valence-corrected chi connectivity index (χ4v) is 7.16. The van der Waals surface area contributed by atoms with Crippen molar-refractivity contribution >= 4 is 37.2 Å². The summed E-state index contributed by atoms with van der Waals surface area (Å²) in [6, 6.07) is 16.4. The summed E-state index contributed by atoms with van der Waals surface area (Å²) in [5.74, 6) is -2.29. The maximum Gasteiger partial charge on any atom is 0.470 e. The van der Waals surface area contributed by atoms with Gasteiger partial charge in [0.2, 0.25) is 39.5 Å². The number of aromatic nitrogens is 2. The van der Waals surface area contributed by atoms with Crippen molar-refractivity contribution in [2.75, 3.05) is 41.3 Å². The number of rotatable bonds is 11. The summed E-state index contributed by atoms with van der Waals surface area (Å²) in [5.41, 5.74) is 5.97. The molecule has 2 N–H and O–H groups in total. The molecule has 7 rings (SSSR count). The average Bonchev–Trinajstić information content (AvgIpc) is 3.93. The molecule has 0 bridgehead atoms. The van der Waals surface area contributed by atoms with Crippen molar-refractivity contribution in [3.8, 4) is 34.5 Å². The first-order valence-electron chi connectivity index (χ1n) is 16.3. The molecule has 0 fully saturated rings. The Hall–Kier alpha value is -6.00. The summed E-state index contributed by atoms with van der Waals surface area (Å²) in [6.45, 7) is -0.780. The van der Waals surface area contributed by atoms with Crippen LogP contribution in [0.15, 0.2) is 77.2 Å². The van der Waals surface area contributed by atoms with Crippen molar-refractivity contribution in [2.45, 2.75) is 19.3 Å². The van der Waals surface area contributed by atoms with E-state index >= 15 is 0 Å². The number of anilines is 2. The van der Waals surface area contributed by atoms with E-state index in [1.807, 2.05) is 0 Å². The highest BCUT2D eigenvalue weighted by atomic mass is 32.2. The van der Waals surface area contributed by atoms with E-state index in [0.29, 0.717) is 28.7 Å². The molecule has 4 aromatic carbocycles. The van der Waals surface area contributed by atoms with Crippen molar-refractivity contribution in [3.05, 3.63) is 107 Å². The molecule has 2 aliphatic rings. The maximum absolute atomic E-state index is 14.7. The number of alkyl halides is 3. The van der Waals surface area contributed by atoms with Crippen molar-refractivity contribution in [2.24, 2.45) is 5.73 Å². The van der Waals surface area contributed by atoms with Crippen LogP contribution in [-0.2, 0) is 39.3 Å². The van der Waals surface area contributed by atoms with Crippen LogP contribution in [-0.4, -0.2) is 65.5 Å². The summed E-state index contributed by atoms with van der Waals surface area (Å²) in [4.78, 5) is 11.6. The lowest BCUT2D eigenvalue weighted by atomic mass is 10.1. The van der Waals surface area contributed by atoms with Gasteiger partial charge in [0.15, 0.2) is 28.8 Å². The number of nitrogens with two attached hydrogens (primary N) is 1. The van der Waals surface area contributed by atoms with Gasteiger partial charge >= 0.3 is 12.1 Å². The largest absolute Gasteiger partial charge is 0.470 e. The van der Waals surface area contributed by atoms with E-state index in [0.717, 1.165) is 33.3 Å². The lowest BCUT2D eigenvalue weighted by Gasteiger charge is -2.23. The van der Waals surface area contributed by atoms with E-state index in [2.05, 4.69) is 14.6 Å². The number of hydrogen-bond acceptors (Lipinski definition) is 13. The fourth-order valence-electron chi connectivity index (χ4n) is 5.42. The summed E-state index contributed by atoms with van der Waals surface area (Å²) in [5, 5.41) is 6.16. The quantitative estimate of drug-likeness (QED) is 0.134. The molecule has 3 heterocycles. The molecule has 5 aromatic rings. The number of Topliss-reactive ketones (excluding diaryl/α,β-unsaturated/α-hetero) is 1. The Morgan fingerprint density at radius 2 is 1.19 bits per heavy atom. The highest BCUT2D eigenvalue weighted by Crippen LogP contribution is 2.38. The standard InChI is InChI=1S/C18H13F4N3O5S.C17H17FN2O5S/c1-31(26,27)25(12-4-5-14-15(7-12)29-9-28-14)8-11-3-2-10(6-13(11)19)16-23-24-17(30-16)18(20,21)22;1-26(22,23)20(13-4-5-16-17(7-13)25-10-24-16)9-12-3-2-11(6-14(12)18)15(21)8-19/h2-7H,8-9H2,1H3;2-7H,8-10,19H2,1H3. The molecule has 0 saturated carbocycles. The van der Waals surface area contributed by atoms with Crippen LogP contribution in [0.3, 0.4) is 0 Å². The first-order chi connectivity index (χ1) is 26.8. The van der Waals surface area contributed by atoms with Gasteiger partial charge in [-0.1, -0.05) is 18.2 Å². The van der Waals surface area contributed by atoms with E-state index in [-0.39, 0.29) is 61.2 Å². The Morgan fingerprint density at radius 1 is 0.702 bits per heavy atom. The molecule has 15 nitrogen and oxygen atoms in total. The van der Waals surface area contributed by atoms with Gasteiger partial charge in [0, 0.05) is 34.4 Å². The number of carbonyl (C=O) groups is 1. The fraction of sp³-hybridized carbons (Fsp3) is 0.229. The molecule has 57 heavy (non-hydrogen) atoms. The summed E-state index contributed by atoms with van der Waals surface area (Å²) >= 11 is 0. The number of fused-ring (bicyclic) bond motifs is 2. The third kappa shape index (κ3) is 9.35. The van der Waals surface area contributed by atoms with Crippen LogP contribution in [0.4, 0.5) is 33.3 Å². The normalized spacial score (nSPS) is 13.2. The molecular weight excluding hydrogens is 810 g/mol. The molecule has 22 heteroatoms. The van der Waals surface area contributed by atoms with E-state index in [9.17, 15) is 43.6 Å². The third-order valence-corrected chi connectivity index (χ3v) is 10.5. The number of benzene rings is 4. The second-order valence-corrected chi connectivity index (χ2v) is 16.1. The van der Waals surface area contributed by atoms with Crippen LogP contribution in [0.1, 0.15) is 27.4 Å². The molecule has 302 valence electrons. The zero-order chi connectivity index (χ0) is 41.3. The maximum atomic E-state index is 14.7. The van der Waals surface area contributed by atoms with Gasteiger partial charge in [0.05, 0.1) is 43.5 Å². The Morgan fingerprint density at radius 3 is 1.63 bits per heavy atom.